The smallest absolute Gasteiger partial charge is 0.416 e. The first-order valence-electron chi connectivity index (χ1n) is 16.9. The van der Waals surface area contributed by atoms with Crippen LogP contribution in [0.3, 0.4) is 0 Å². The van der Waals surface area contributed by atoms with Gasteiger partial charge in [0.05, 0.1) is 28.1 Å². The Hall–Kier alpha value is -6.09. The number of rotatable bonds is 10. The minimum absolute atomic E-state index is 0.222. The lowest BCUT2D eigenvalue weighted by Gasteiger charge is -2.16. The van der Waals surface area contributed by atoms with Crippen LogP contribution in [0.5, 0.6) is 0 Å². The highest BCUT2D eigenvalue weighted by Crippen LogP contribution is 2.36. The van der Waals surface area contributed by atoms with Gasteiger partial charge < -0.3 is 19.3 Å². The number of carboxylic acids is 2. The van der Waals surface area contributed by atoms with Crippen LogP contribution in [-0.2, 0) is 51.5 Å². The summed E-state index contributed by atoms with van der Waals surface area (Å²) >= 11 is 0. The Bertz CT molecular complexity index is 2840. The number of alkyl halides is 3. The van der Waals surface area contributed by atoms with Crippen molar-refractivity contribution < 1.29 is 45.8 Å². The van der Waals surface area contributed by atoms with Crippen LogP contribution in [0, 0.1) is 19.7 Å². The Kier molecular flexibility index (Phi) is 9.24. The van der Waals surface area contributed by atoms with E-state index in [0.717, 1.165) is 29.3 Å². The van der Waals surface area contributed by atoms with Crippen LogP contribution in [0.15, 0.2) is 83.8 Å². The zero-order valence-corrected chi connectivity index (χ0v) is 30.4. The maximum Gasteiger partial charge on any atom is 0.416 e. The normalized spacial score (nSPS) is 12.3. The Morgan fingerprint density at radius 2 is 1.53 bits per heavy atom. The van der Waals surface area contributed by atoms with Gasteiger partial charge in [-0.15, -0.1) is 0 Å². The van der Waals surface area contributed by atoms with Gasteiger partial charge in [0, 0.05) is 63.5 Å². The van der Waals surface area contributed by atoms with Gasteiger partial charge in [-0.05, 0) is 85.1 Å². The van der Waals surface area contributed by atoms with E-state index in [-0.39, 0.29) is 30.7 Å². The molecule has 4 aromatic heterocycles. The predicted molar refractivity (Wildman–Crippen MR) is 197 cm³/mol. The number of aliphatic carboxylic acids is 2. The summed E-state index contributed by atoms with van der Waals surface area (Å²) in [6.07, 6.45) is -4.17. The van der Waals surface area contributed by atoms with Crippen LogP contribution in [0.1, 0.15) is 39.3 Å². The molecule has 0 saturated heterocycles. The molecule has 0 fully saturated rings. The lowest BCUT2D eigenvalue weighted by atomic mass is 10.0. The number of hydrogen-bond acceptors (Lipinski definition) is 6. The molecular formula is C40H32F4N4O6S. The molecule has 15 heteroatoms. The van der Waals surface area contributed by atoms with Gasteiger partial charge in [-0.3, -0.25) is 14.6 Å². The first kappa shape index (κ1) is 37.2. The molecule has 0 aliphatic rings. The van der Waals surface area contributed by atoms with Gasteiger partial charge in [-0.25, -0.2) is 17.8 Å². The van der Waals surface area contributed by atoms with Crippen molar-refractivity contribution in [2.24, 2.45) is 0 Å². The summed E-state index contributed by atoms with van der Waals surface area (Å²) in [5.41, 5.74) is 3.96. The van der Waals surface area contributed by atoms with Crippen molar-refractivity contribution in [3.05, 3.63) is 124 Å². The second-order valence-corrected chi connectivity index (χ2v) is 15.5. The fraction of sp³-hybridized carbons (Fsp3) is 0.200. The third-order valence-electron chi connectivity index (χ3n) is 9.88. The summed E-state index contributed by atoms with van der Waals surface area (Å²) in [5, 5.41) is 21.0. The number of carbonyl (C=O) groups is 2. The van der Waals surface area contributed by atoms with Crippen molar-refractivity contribution in [2.75, 3.05) is 6.26 Å². The van der Waals surface area contributed by atoms with Gasteiger partial charge in [-0.1, -0.05) is 24.3 Å². The summed E-state index contributed by atoms with van der Waals surface area (Å²) < 4.78 is 84.6. The summed E-state index contributed by atoms with van der Waals surface area (Å²) in [6, 6.07) is 19.6. The molecule has 0 atom stereocenters. The Labute approximate surface area is 311 Å². The van der Waals surface area contributed by atoms with Gasteiger partial charge in [0.15, 0.2) is 9.84 Å². The van der Waals surface area contributed by atoms with Crippen LogP contribution in [0.4, 0.5) is 17.6 Å². The van der Waals surface area contributed by atoms with E-state index in [4.69, 9.17) is 9.97 Å². The molecule has 55 heavy (non-hydrogen) atoms. The molecule has 10 nitrogen and oxygen atoms in total. The quantitative estimate of drug-likeness (QED) is 0.135. The molecule has 0 aliphatic heterocycles. The van der Waals surface area contributed by atoms with E-state index < -0.39 is 50.6 Å². The second kappa shape index (κ2) is 13.6. The minimum atomic E-state index is -4.88. The molecule has 282 valence electrons. The third-order valence-corrected chi connectivity index (χ3v) is 11.0. The van der Waals surface area contributed by atoms with Crippen LogP contribution in [0.25, 0.3) is 44.1 Å². The lowest BCUT2D eigenvalue weighted by Crippen LogP contribution is -2.14. The number of hydrogen-bond donors (Lipinski definition) is 2. The highest BCUT2D eigenvalue weighted by atomic mass is 32.2. The Balaban J connectivity index is 1.31. The van der Waals surface area contributed by atoms with Gasteiger partial charge in [0.2, 0.25) is 0 Å². The van der Waals surface area contributed by atoms with Crippen molar-refractivity contribution in [1.29, 1.82) is 0 Å². The van der Waals surface area contributed by atoms with E-state index in [0.29, 0.717) is 61.8 Å². The molecule has 2 N–H and O–H groups in total. The van der Waals surface area contributed by atoms with Crippen molar-refractivity contribution in [3.8, 4) is 11.3 Å². The maximum absolute atomic E-state index is 14.4. The van der Waals surface area contributed by atoms with E-state index in [9.17, 15) is 45.8 Å². The van der Waals surface area contributed by atoms with E-state index in [1.54, 1.807) is 42.7 Å². The second-order valence-electron chi connectivity index (χ2n) is 13.5. The van der Waals surface area contributed by atoms with E-state index in [1.807, 2.05) is 24.3 Å². The summed E-state index contributed by atoms with van der Waals surface area (Å²) in [6.45, 7) is 2.73. The first-order valence-corrected chi connectivity index (χ1v) is 18.8. The lowest BCUT2D eigenvalue weighted by molar-refractivity contribution is -0.139. The average molecular weight is 773 g/mol. The third kappa shape index (κ3) is 7.14. The zero-order valence-electron chi connectivity index (χ0n) is 29.6. The van der Waals surface area contributed by atoms with Crippen molar-refractivity contribution in [1.82, 2.24) is 19.1 Å². The molecule has 0 amide bonds. The molecule has 0 bridgehead atoms. The Morgan fingerprint density at radius 1 is 0.800 bits per heavy atom. The minimum Gasteiger partial charge on any atom is -0.481 e. The van der Waals surface area contributed by atoms with Crippen molar-refractivity contribution in [2.45, 2.75) is 50.9 Å². The first-order chi connectivity index (χ1) is 25.9. The van der Waals surface area contributed by atoms with E-state index in [1.165, 1.54) is 16.7 Å². The maximum atomic E-state index is 14.4. The topological polar surface area (TPSA) is 144 Å². The van der Waals surface area contributed by atoms with Gasteiger partial charge in [0.25, 0.3) is 0 Å². The van der Waals surface area contributed by atoms with E-state index in [2.05, 4.69) is 0 Å². The van der Waals surface area contributed by atoms with Gasteiger partial charge in [-0.2, -0.15) is 13.2 Å². The average Bonchev–Trinajstić information content (AvgIpc) is 3.50. The standard InChI is InChI=1S/C40H32F4N4O6S/c1-21-30(32-15-26(41)8-13-36(32)47(21)20-38(51)52)16-27-9-6-23-4-5-24(14-35(23)45-27)34-12-11-29-31(18-37(49)50)22(2)48(39(29)46-34)19-25-7-10-28(55(3,53)54)17-33(25)40(42,43)44/h4-15,17H,16,18-20H2,1-3H3,(H,49,50)(H,51,52). The number of halogens is 4. The van der Waals surface area contributed by atoms with Crippen molar-refractivity contribution in [3.63, 3.8) is 0 Å². The largest absolute Gasteiger partial charge is 0.481 e. The van der Waals surface area contributed by atoms with Crippen LogP contribution >= 0.6 is 0 Å². The monoisotopic (exact) mass is 772 g/mol. The number of nitrogens with zero attached hydrogens (tertiary/aromatic N) is 4. The summed E-state index contributed by atoms with van der Waals surface area (Å²) in [4.78, 5) is 32.7. The fourth-order valence-electron chi connectivity index (χ4n) is 7.18. The molecule has 4 heterocycles. The van der Waals surface area contributed by atoms with Crippen LogP contribution in [-0.4, -0.2) is 55.9 Å². The summed E-state index contributed by atoms with van der Waals surface area (Å²) in [7, 11) is -3.94. The number of benzene rings is 3. The molecule has 0 saturated carbocycles. The molecule has 7 aromatic rings. The molecule has 0 unspecified atom stereocenters. The Morgan fingerprint density at radius 3 is 2.22 bits per heavy atom. The predicted octanol–water partition coefficient (Wildman–Crippen LogP) is 7.74. The molecule has 7 rings (SSSR count). The van der Waals surface area contributed by atoms with E-state index >= 15 is 0 Å². The number of carboxylic acid groups (broad SMARTS) is 2. The van der Waals surface area contributed by atoms with Crippen molar-refractivity contribution >= 4 is 54.6 Å². The zero-order chi connectivity index (χ0) is 39.6. The molecule has 0 spiro atoms. The number of fused-ring (bicyclic) bond motifs is 3. The molecule has 0 radical (unpaired) electrons. The highest BCUT2D eigenvalue weighted by Gasteiger charge is 2.35. The number of sulfone groups is 1. The van der Waals surface area contributed by atoms with Crippen LogP contribution < -0.4 is 0 Å². The van der Waals surface area contributed by atoms with Gasteiger partial charge >= 0.3 is 18.1 Å². The van der Waals surface area contributed by atoms with Gasteiger partial charge in [0.1, 0.15) is 18.0 Å². The molecular weight excluding hydrogens is 741 g/mol. The highest BCUT2D eigenvalue weighted by molar-refractivity contribution is 7.90. The molecule has 3 aromatic carbocycles. The van der Waals surface area contributed by atoms with Crippen LogP contribution in [0.2, 0.25) is 0 Å². The number of pyridine rings is 2. The summed E-state index contributed by atoms with van der Waals surface area (Å²) in [5.74, 6) is -2.62. The molecule has 0 aliphatic carbocycles. The fourth-order valence-corrected chi connectivity index (χ4v) is 7.82. The number of aromatic nitrogens is 4. The SMILES string of the molecule is Cc1c(Cc2ccc3ccc(-c4ccc5c(CC(=O)O)c(C)n(Cc6ccc(S(C)(=O)=O)cc6C(F)(F)F)c5n4)cc3n2)c2cc(F)ccc2n1CC(=O)O.